The molecule has 1 aromatic heterocycles. The van der Waals surface area contributed by atoms with Gasteiger partial charge in [-0.1, -0.05) is 26.0 Å². The molecule has 1 amide bonds. The second kappa shape index (κ2) is 10.9. The third kappa shape index (κ3) is 6.28. The van der Waals surface area contributed by atoms with E-state index in [9.17, 15) is 9.18 Å². The number of guanidine groups is 1. The molecule has 0 spiro atoms. The van der Waals surface area contributed by atoms with Crippen LogP contribution in [0.3, 0.4) is 0 Å². The minimum atomic E-state index is -0.387. The number of halogens is 1. The Balaban J connectivity index is 1.78. The van der Waals surface area contributed by atoms with E-state index in [1.54, 1.807) is 0 Å². The van der Waals surface area contributed by atoms with E-state index in [-0.39, 0.29) is 11.7 Å². The van der Waals surface area contributed by atoms with Crippen molar-refractivity contribution in [2.24, 2.45) is 4.99 Å². The maximum absolute atomic E-state index is 13.2. The quantitative estimate of drug-likeness (QED) is 0.384. The van der Waals surface area contributed by atoms with E-state index >= 15 is 0 Å². The molecule has 0 atom stereocenters. The first kappa shape index (κ1) is 24.2. The molecule has 0 saturated carbocycles. The van der Waals surface area contributed by atoms with Crippen molar-refractivity contribution in [1.82, 2.24) is 15.1 Å². The Labute approximate surface area is 194 Å². The minimum absolute atomic E-state index is 0.347. The van der Waals surface area contributed by atoms with Crippen molar-refractivity contribution >= 4 is 17.6 Å². The first-order valence-corrected chi connectivity index (χ1v) is 11.3. The minimum Gasteiger partial charge on any atom is -0.326 e. The van der Waals surface area contributed by atoms with Crippen molar-refractivity contribution in [1.29, 1.82) is 0 Å². The standard InChI is InChI=1S/C26H32FN5O/c1-6-32-19(5)24(18(4)31-32)15-16-28-26(29-23-13-9-20(10-14-23)17(2)3)30-25(33)21-7-11-22(27)12-8-21/h7-14,17H,6,15-16H2,1-5H3,(H2,28,29,30,33). The molecule has 0 aliphatic carbocycles. The Bertz CT molecular complexity index is 1110. The van der Waals surface area contributed by atoms with Crippen molar-refractivity contribution in [3.63, 3.8) is 0 Å². The lowest BCUT2D eigenvalue weighted by atomic mass is 10.0. The number of aromatic nitrogens is 2. The second-order valence-electron chi connectivity index (χ2n) is 8.31. The average molecular weight is 450 g/mol. The van der Waals surface area contributed by atoms with E-state index < -0.39 is 0 Å². The number of nitrogens with zero attached hydrogens (tertiary/aromatic N) is 3. The van der Waals surface area contributed by atoms with Crippen molar-refractivity contribution in [2.75, 3.05) is 11.9 Å². The van der Waals surface area contributed by atoms with Gasteiger partial charge < -0.3 is 5.32 Å². The summed E-state index contributed by atoms with van der Waals surface area (Å²) >= 11 is 0. The molecule has 3 rings (SSSR count). The SMILES string of the molecule is CCn1nc(C)c(CCN=C(NC(=O)c2ccc(F)cc2)Nc2ccc(C(C)C)cc2)c1C. The Morgan fingerprint density at radius 3 is 2.33 bits per heavy atom. The van der Waals surface area contributed by atoms with Crippen LogP contribution in [0.5, 0.6) is 0 Å². The van der Waals surface area contributed by atoms with Crippen LogP contribution in [0.4, 0.5) is 10.1 Å². The highest BCUT2D eigenvalue weighted by atomic mass is 19.1. The van der Waals surface area contributed by atoms with Gasteiger partial charge in [0.05, 0.1) is 5.69 Å². The van der Waals surface area contributed by atoms with Crippen molar-refractivity contribution in [3.05, 3.63) is 82.4 Å². The van der Waals surface area contributed by atoms with E-state index in [2.05, 4.69) is 60.6 Å². The molecule has 0 aliphatic heterocycles. The first-order valence-electron chi connectivity index (χ1n) is 11.3. The van der Waals surface area contributed by atoms with Gasteiger partial charge in [-0.2, -0.15) is 5.10 Å². The Morgan fingerprint density at radius 1 is 1.09 bits per heavy atom. The third-order valence-electron chi connectivity index (χ3n) is 5.64. The topological polar surface area (TPSA) is 71.3 Å². The number of amides is 1. The van der Waals surface area contributed by atoms with Gasteiger partial charge in [-0.05, 0) is 80.6 Å². The number of carbonyl (C=O) groups is 1. The smallest absolute Gasteiger partial charge is 0.257 e. The highest BCUT2D eigenvalue weighted by molar-refractivity contribution is 6.09. The molecule has 0 saturated heterocycles. The molecular formula is C26H32FN5O. The lowest BCUT2D eigenvalue weighted by molar-refractivity contribution is 0.0977. The number of carbonyl (C=O) groups excluding carboxylic acids is 1. The summed E-state index contributed by atoms with van der Waals surface area (Å²) < 4.78 is 15.2. The van der Waals surface area contributed by atoms with Crippen molar-refractivity contribution in [2.45, 2.75) is 53.5 Å². The summed E-state index contributed by atoms with van der Waals surface area (Å²) in [7, 11) is 0. The number of hydrogen-bond donors (Lipinski definition) is 2. The van der Waals surface area contributed by atoms with E-state index in [1.165, 1.54) is 35.4 Å². The van der Waals surface area contributed by atoms with Gasteiger partial charge in [0.25, 0.3) is 5.91 Å². The molecule has 33 heavy (non-hydrogen) atoms. The highest BCUT2D eigenvalue weighted by Crippen LogP contribution is 2.17. The zero-order valence-corrected chi connectivity index (χ0v) is 19.9. The summed E-state index contributed by atoms with van der Waals surface area (Å²) in [5, 5.41) is 10.6. The number of aliphatic imine (C=N–C) groups is 1. The van der Waals surface area contributed by atoms with Gasteiger partial charge in [-0.15, -0.1) is 0 Å². The fraction of sp³-hybridized carbons (Fsp3) is 0.346. The van der Waals surface area contributed by atoms with Crippen LogP contribution < -0.4 is 10.6 Å². The number of benzene rings is 2. The predicted molar refractivity (Wildman–Crippen MR) is 131 cm³/mol. The van der Waals surface area contributed by atoms with Gasteiger partial charge in [0.1, 0.15) is 5.82 Å². The lowest BCUT2D eigenvalue weighted by Crippen LogP contribution is -2.36. The highest BCUT2D eigenvalue weighted by Gasteiger charge is 2.12. The molecule has 7 heteroatoms. The lowest BCUT2D eigenvalue weighted by Gasteiger charge is -2.13. The zero-order valence-electron chi connectivity index (χ0n) is 19.9. The average Bonchev–Trinajstić information content (AvgIpc) is 3.07. The van der Waals surface area contributed by atoms with Gasteiger partial charge in [-0.25, -0.2) is 4.39 Å². The van der Waals surface area contributed by atoms with Crippen LogP contribution in [0.1, 0.15) is 59.6 Å². The Kier molecular flexibility index (Phi) is 7.98. The predicted octanol–water partition coefficient (Wildman–Crippen LogP) is 5.22. The molecule has 0 aliphatic rings. The van der Waals surface area contributed by atoms with E-state index in [4.69, 9.17) is 0 Å². The van der Waals surface area contributed by atoms with Crippen LogP contribution in [-0.2, 0) is 13.0 Å². The number of nitrogens with one attached hydrogen (secondary N) is 2. The van der Waals surface area contributed by atoms with Crippen LogP contribution in [0, 0.1) is 19.7 Å². The number of anilines is 1. The summed E-state index contributed by atoms with van der Waals surface area (Å²) in [6.45, 7) is 11.7. The number of hydrogen-bond acceptors (Lipinski definition) is 3. The maximum Gasteiger partial charge on any atom is 0.257 e. The number of rotatable bonds is 7. The number of aryl methyl sites for hydroxylation is 2. The van der Waals surface area contributed by atoms with Crippen molar-refractivity contribution < 1.29 is 9.18 Å². The summed E-state index contributed by atoms with van der Waals surface area (Å²) in [5.74, 6) is 0.0362. The maximum atomic E-state index is 13.2. The van der Waals surface area contributed by atoms with Crippen LogP contribution >= 0.6 is 0 Å². The molecule has 2 aromatic carbocycles. The third-order valence-corrected chi connectivity index (χ3v) is 5.64. The molecular weight excluding hydrogens is 417 g/mol. The molecule has 0 bridgehead atoms. The monoisotopic (exact) mass is 449 g/mol. The van der Waals surface area contributed by atoms with Gasteiger partial charge in [-0.3, -0.25) is 19.8 Å². The molecule has 0 fully saturated rings. The van der Waals surface area contributed by atoms with Crippen LogP contribution in [0.15, 0.2) is 53.5 Å². The fourth-order valence-corrected chi connectivity index (χ4v) is 3.66. The van der Waals surface area contributed by atoms with E-state index in [0.29, 0.717) is 30.4 Å². The summed E-state index contributed by atoms with van der Waals surface area (Å²) in [6, 6.07) is 13.5. The van der Waals surface area contributed by atoms with Crippen molar-refractivity contribution in [3.8, 4) is 0 Å². The summed E-state index contributed by atoms with van der Waals surface area (Å²) in [5.41, 5.74) is 5.72. The molecule has 3 aromatic rings. The molecule has 1 heterocycles. The largest absolute Gasteiger partial charge is 0.326 e. The van der Waals surface area contributed by atoms with E-state index in [1.807, 2.05) is 23.7 Å². The van der Waals surface area contributed by atoms with Crippen LogP contribution in [-0.4, -0.2) is 28.2 Å². The summed E-state index contributed by atoms with van der Waals surface area (Å²) in [4.78, 5) is 17.4. The zero-order chi connectivity index (χ0) is 24.0. The Morgan fingerprint density at radius 2 is 1.76 bits per heavy atom. The van der Waals surface area contributed by atoms with Crippen LogP contribution in [0.2, 0.25) is 0 Å². The van der Waals surface area contributed by atoms with Gasteiger partial charge in [0.15, 0.2) is 0 Å². The summed E-state index contributed by atoms with van der Waals surface area (Å²) in [6.07, 6.45) is 0.710. The van der Waals surface area contributed by atoms with Gasteiger partial charge >= 0.3 is 0 Å². The first-order chi connectivity index (χ1) is 15.8. The van der Waals surface area contributed by atoms with E-state index in [0.717, 1.165) is 23.6 Å². The Hall–Kier alpha value is -3.48. The van der Waals surface area contributed by atoms with Gasteiger partial charge in [0.2, 0.25) is 5.96 Å². The second-order valence-corrected chi connectivity index (χ2v) is 8.31. The molecule has 2 N–H and O–H groups in total. The molecule has 0 unspecified atom stereocenters. The normalized spacial score (nSPS) is 11.7. The molecule has 0 radical (unpaired) electrons. The fourth-order valence-electron chi connectivity index (χ4n) is 3.66. The van der Waals surface area contributed by atoms with Gasteiger partial charge in [0, 0.05) is 30.0 Å². The molecule has 174 valence electrons. The van der Waals surface area contributed by atoms with Crippen LogP contribution in [0.25, 0.3) is 0 Å². The molecule has 6 nitrogen and oxygen atoms in total.